The molecule has 0 saturated carbocycles. The Morgan fingerprint density at radius 2 is 1.80 bits per heavy atom. The summed E-state index contributed by atoms with van der Waals surface area (Å²) in [5, 5.41) is 11.4. The van der Waals surface area contributed by atoms with E-state index >= 15 is 0 Å². The molecule has 41 heavy (non-hydrogen) atoms. The molecule has 1 amide bonds. The van der Waals surface area contributed by atoms with Crippen molar-refractivity contribution >= 4 is 17.4 Å². The Bertz CT molecular complexity index is 1250. The molecule has 2 aromatic carbocycles. The molecule has 2 aliphatic rings. The molecule has 220 valence electrons. The second kappa shape index (κ2) is 14.2. The van der Waals surface area contributed by atoms with Crippen LogP contribution in [-0.4, -0.2) is 86.3 Å². The first-order chi connectivity index (χ1) is 19.8. The van der Waals surface area contributed by atoms with Gasteiger partial charge in [-0.05, 0) is 54.3 Å². The van der Waals surface area contributed by atoms with Crippen molar-refractivity contribution in [3.8, 4) is 17.2 Å². The highest BCUT2D eigenvalue weighted by atomic mass is 16.5. The van der Waals surface area contributed by atoms with Crippen molar-refractivity contribution < 1.29 is 33.6 Å². The van der Waals surface area contributed by atoms with Gasteiger partial charge in [0.15, 0.2) is 11.5 Å². The highest BCUT2D eigenvalue weighted by molar-refractivity contribution is 6.46. The summed E-state index contributed by atoms with van der Waals surface area (Å²) in [4.78, 5) is 30.7. The van der Waals surface area contributed by atoms with Gasteiger partial charge in [-0.25, -0.2) is 0 Å². The zero-order chi connectivity index (χ0) is 29.4. The van der Waals surface area contributed by atoms with Crippen LogP contribution in [0, 0.1) is 5.92 Å². The molecule has 0 radical (unpaired) electrons. The van der Waals surface area contributed by atoms with Gasteiger partial charge in [0.1, 0.15) is 18.1 Å². The molecule has 1 unspecified atom stereocenters. The van der Waals surface area contributed by atoms with E-state index in [4.69, 9.17) is 18.9 Å². The van der Waals surface area contributed by atoms with Gasteiger partial charge < -0.3 is 29.0 Å². The third-order valence-electron chi connectivity index (χ3n) is 7.09. The molecule has 1 atom stereocenters. The third-order valence-corrected chi connectivity index (χ3v) is 7.09. The van der Waals surface area contributed by atoms with E-state index in [9.17, 15) is 14.7 Å². The lowest BCUT2D eigenvalue weighted by Crippen LogP contribution is -2.39. The Morgan fingerprint density at radius 3 is 2.46 bits per heavy atom. The lowest BCUT2D eigenvalue weighted by molar-refractivity contribution is -0.140. The van der Waals surface area contributed by atoms with Crippen molar-refractivity contribution in [2.75, 3.05) is 59.7 Å². The number of morpholine rings is 1. The lowest BCUT2D eigenvalue weighted by Gasteiger charge is -2.29. The van der Waals surface area contributed by atoms with Crippen LogP contribution < -0.4 is 14.2 Å². The second-order valence-corrected chi connectivity index (χ2v) is 10.5. The molecule has 0 spiro atoms. The van der Waals surface area contributed by atoms with Gasteiger partial charge in [-0.2, -0.15) is 0 Å². The number of aliphatic hydroxyl groups is 1. The molecule has 1 N–H and O–H groups in total. The van der Waals surface area contributed by atoms with E-state index < -0.39 is 17.7 Å². The molecule has 0 aromatic heterocycles. The van der Waals surface area contributed by atoms with Gasteiger partial charge in [0.05, 0.1) is 38.5 Å². The van der Waals surface area contributed by atoms with Crippen molar-refractivity contribution in [3.63, 3.8) is 0 Å². The quantitative estimate of drug-likeness (QED) is 0.165. The summed E-state index contributed by atoms with van der Waals surface area (Å²) in [6, 6.07) is 11.4. The van der Waals surface area contributed by atoms with E-state index in [1.807, 2.05) is 0 Å². The Morgan fingerprint density at radius 1 is 1.07 bits per heavy atom. The molecular formula is C32H40N2O7. The molecule has 2 heterocycles. The highest BCUT2D eigenvalue weighted by Crippen LogP contribution is 2.42. The lowest BCUT2D eigenvalue weighted by atomic mass is 9.95. The fourth-order valence-corrected chi connectivity index (χ4v) is 5.00. The zero-order valence-electron chi connectivity index (χ0n) is 24.1. The molecule has 2 saturated heterocycles. The van der Waals surface area contributed by atoms with Crippen LogP contribution in [0.4, 0.5) is 0 Å². The first-order valence-corrected chi connectivity index (χ1v) is 14.1. The highest BCUT2D eigenvalue weighted by Gasteiger charge is 2.46. The van der Waals surface area contributed by atoms with Crippen molar-refractivity contribution in [1.29, 1.82) is 0 Å². The predicted molar refractivity (Wildman–Crippen MR) is 156 cm³/mol. The van der Waals surface area contributed by atoms with E-state index in [1.165, 1.54) is 7.11 Å². The minimum atomic E-state index is -0.793. The van der Waals surface area contributed by atoms with Crippen LogP contribution in [0.25, 0.3) is 5.76 Å². The number of hydrogen-bond donors (Lipinski definition) is 1. The van der Waals surface area contributed by atoms with Gasteiger partial charge in [0.2, 0.25) is 0 Å². The summed E-state index contributed by atoms with van der Waals surface area (Å²) in [5.41, 5.74) is 1.10. The van der Waals surface area contributed by atoms with Gasteiger partial charge in [0.25, 0.3) is 11.7 Å². The van der Waals surface area contributed by atoms with E-state index in [0.717, 1.165) is 19.6 Å². The fraction of sp³-hybridized carbons (Fsp3) is 0.438. The third kappa shape index (κ3) is 7.28. The van der Waals surface area contributed by atoms with Gasteiger partial charge in [-0.3, -0.25) is 14.5 Å². The number of ketones is 1. The van der Waals surface area contributed by atoms with Crippen LogP contribution >= 0.6 is 0 Å². The molecular weight excluding hydrogens is 524 g/mol. The van der Waals surface area contributed by atoms with Gasteiger partial charge in [-0.15, -0.1) is 0 Å². The molecule has 9 nitrogen and oxygen atoms in total. The van der Waals surface area contributed by atoms with Gasteiger partial charge >= 0.3 is 0 Å². The maximum atomic E-state index is 13.5. The Hall–Kier alpha value is -3.82. The number of methoxy groups -OCH3 is 1. The minimum Gasteiger partial charge on any atom is -0.507 e. The van der Waals surface area contributed by atoms with Crippen molar-refractivity contribution in [2.24, 2.45) is 5.92 Å². The average Bonchev–Trinajstić information content (AvgIpc) is 3.24. The Balaban J connectivity index is 1.68. The number of nitrogens with zero attached hydrogens (tertiary/aromatic N) is 2. The summed E-state index contributed by atoms with van der Waals surface area (Å²) in [5.74, 6) is 0.409. The molecule has 4 rings (SSSR count). The number of Topliss-reactive ketones (excluding diaryl/α,β-unsaturated/α-hetero) is 1. The standard InChI is InChI=1S/C32H40N2O7/c1-5-17-40-26-12-9-24(20-27(26)38-4)29-28(30(35)23-7-10-25(11-8-23)41-21-22(2)3)31(36)32(37)34(29)14-6-13-33-15-18-39-19-16-33/h5,7-12,20,22,29,35H,1,6,13-19,21H2,2-4H3. The number of likely N-dealkylation sites (tertiary alicyclic amines) is 1. The number of aliphatic hydroxyl groups excluding tert-OH is 1. The smallest absolute Gasteiger partial charge is 0.295 e. The van der Waals surface area contributed by atoms with Crippen molar-refractivity contribution in [2.45, 2.75) is 26.3 Å². The molecule has 2 fully saturated rings. The largest absolute Gasteiger partial charge is 0.507 e. The van der Waals surface area contributed by atoms with Crippen LogP contribution in [0.5, 0.6) is 17.2 Å². The van der Waals surface area contributed by atoms with E-state index in [2.05, 4.69) is 25.3 Å². The fourth-order valence-electron chi connectivity index (χ4n) is 5.00. The molecule has 2 aliphatic heterocycles. The summed E-state index contributed by atoms with van der Waals surface area (Å²) in [6.07, 6.45) is 2.30. The van der Waals surface area contributed by atoms with Crippen LogP contribution in [0.3, 0.4) is 0 Å². The summed E-state index contributed by atoms with van der Waals surface area (Å²) in [7, 11) is 1.53. The van der Waals surface area contributed by atoms with Gasteiger partial charge in [-0.1, -0.05) is 32.6 Å². The minimum absolute atomic E-state index is 0.0408. The normalized spacial score (nSPS) is 19.0. The Labute approximate surface area is 241 Å². The van der Waals surface area contributed by atoms with Crippen LogP contribution in [0.2, 0.25) is 0 Å². The Kier molecular flexibility index (Phi) is 10.4. The number of amides is 1. The summed E-state index contributed by atoms with van der Waals surface area (Å²) in [6.45, 7) is 12.8. The van der Waals surface area contributed by atoms with Crippen molar-refractivity contribution in [1.82, 2.24) is 9.80 Å². The molecule has 0 bridgehead atoms. The number of hydrogen-bond acceptors (Lipinski definition) is 8. The van der Waals surface area contributed by atoms with Crippen LogP contribution in [0.15, 0.2) is 60.7 Å². The van der Waals surface area contributed by atoms with Crippen LogP contribution in [-0.2, 0) is 14.3 Å². The van der Waals surface area contributed by atoms with Gasteiger partial charge in [0, 0.05) is 31.7 Å². The number of rotatable bonds is 13. The maximum Gasteiger partial charge on any atom is 0.295 e. The number of carbonyl (C=O) groups excluding carboxylic acids is 2. The monoisotopic (exact) mass is 564 g/mol. The SMILES string of the molecule is C=CCOc1ccc(C2C(=C(O)c3ccc(OCC(C)C)cc3)C(=O)C(=O)N2CCCN2CCOCC2)cc1OC. The molecule has 2 aromatic rings. The van der Waals surface area contributed by atoms with E-state index in [-0.39, 0.29) is 11.3 Å². The topological polar surface area (TPSA) is 97.8 Å². The van der Waals surface area contributed by atoms with E-state index in [0.29, 0.717) is 73.7 Å². The molecule has 0 aliphatic carbocycles. The van der Waals surface area contributed by atoms with Crippen molar-refractivity contribution in [3.05, 3.63) is 71.8 Å². The van der Waals surface area contributed by atoms with E-state index in [1.54, 1.807) is 53.4 Å². The second-order valence-electron chi connectivity index (χ2n) is 10.5. The predicted octanol–water partition coefficient (Wildman–Crippen LogP) is 4.44. The number of ether oxygens (including phenoxy) is 4. The first-order valence-electron chi connectivity index (χ1n) is 14.1. The number of benzene rings is 2. The number of carbonyl (C=O) groups is 2. The first kappa shape index (κ1) is 30.1. The average molecular weight is 565 g/mol. The maximum absolute atomic E-state index is 13.5. The van der Waals surface area contributed by atoms with Crippen LogP contribution in [0.1, 0.15) is 37.4 Å². The summed E-state index contributed by atoms with van der Waals surface area (Å²) >= 11 is 0. The molecule has 9 heteroatoms. The summed E-state index contributed by atoms with van der Waals surface area (Å²) < 4.78 is 22.5. The zero-order valence-corrected chi connectivity index (χ0v) is 24.1.